The molecule has 142 valence electrons. The Balaban J connectivity index is 1.79. The minimum atomic E-state index is -3.77. The number of hydrogen-bond donors (Lipinski definition) is 1. The fourth-order valence-electron chi connectivity index (χ4n) is 2.61. The molecule has 0 spiro atoms. The molecule has 8 nitrogen and oxygen atoms in total. The van der Waals surface area contributed by atoms with Crippen molar-refractivity contribution in [2.45, 2.75) is 17.9 Å². The second-order valence-corrected chi connectivity index (χ2v) is 7.56. The zero-order valence-electron chi connectivity index (χ0n) is 14.5. The van der Waals surface area contributed by atoms with E-state index in [2.05, 4.69) is 9.46 Å². The molecule has 0 aliphatic rings. The average molecular weight is 390 g/mol. The summed E-state index contributed by atoms with van der Waals surface area (Å²) in [6, 6.07) is 13.5. The van der Waals surface area contributed by atoms with Gasteiger partial charge in [0.15, 0.2) is 5.58 Å². The zero-order chi connectivity index (χ0) is 19.4. The maximum atomic E-state index is 12.5. The highest BCUT2D eigenvalue weighted by molar-refractivity contribution is 7.89. The predicted octanol–water partition coefficient (Wildman–Crippen LogP) is 1.29. The quantitative estimate of drug-likeness (QED) is 0.609. The number of rotatable bonds is 7. The summed E-state index contributed by atoms with van der Waals surface area (Å²) in [5.74, 6) is -1.37. The first-order valence-electron chi connectivity index (χ1n) is 8.14. The van der Waals surface area contributed by atoms with Crippen molar-refractivity contribution in [1.82, 2.24) is 9.29 Å². The number of hydrogen-bond acceptors (Lipinski definition) is 6. The highest BCUT2D eigenvalue weighted by Gasteiger charge is 2.18. The summed E-state index contributed by atoms with van der Waals surface area (Å²) in [6.45, 7) is -0.0819. The van der Waals surface area contributed by atoms with Gasteiger partial charge in [0.25, 0.3) is 0 Å². The van der Waals surface area contributed by atoms with Crippen molar-refractivity contribution in [3.8, 4) is 0 Å². The molecule has 1 heterocycles. The van der Waals surface area contributed by atoms with Crippen LogP contribution in [0.2, 0.25) is 0 Å². The van der Waals surface area contributed by atoms with Gasteiger partial charge in [-0.3, -0.25) is 9.36 Å². The van der Waals surface area contributed by atoms with Crippen LogP contribution in [0.3, 0.4) is 0 Å². The molecule has 0 saturated carbocycles. The lowest BCUT2D eigenvalue weighted by atomic mass is 10.2. The summed E-state index contributed by atoms with van der Waals surface area (Å²) < 4.78 is 38.1. The van der Waals surface area contributed by atoms with E-state index in [1.54, 1.807) is 0 Å². The molecule has 0 bridgehead atoms. The van der Waals surface area contributed by atoms with E-state index in [0.29, 0.717) is 11.9 Å². The largest absolute Gasteiger partial charge is 0.468 e. The summed E-state index contributed by atoms with van der Waals surface area (Å²) >= 11 is 0. The van der Waals surface area contributed by atoms with Gasteiger partial charge in [0, 0.05) is 12.6 Å². The molecular weight excluding hydrogens is 372 g/mol. The highest BCUT2D eigenvalue weighted by Crippen LogP contribution is 2.18. The van der Waals surface area contributed by atoms with E-state index in [0.717, 1.165) is 10.1 Å². The van der Waals surface area contributed by atoms with Gasteiger partial charge < -0.3 is 9.15 Å². The van der Waals surface area contributed by atoms with Crippen LogP contribution in [0.15, 0.2) is 62.6 Å². The summed E-state index contributed by atoms with van der Waals surface area (Å²) in [4.78, 5) is 23.3. The molecule has 2 aromatic carbocycles. The molecule has 0 aliphatic heterocycles. The third-order valence-corrected chi connectivity index (χ3v) is 5.47. The van der Waals surface area contributed by atoms with Gasteiger partial charge >= 0.3 is 11.7 Å². The molecule has 27 heavy (non-hydrogen) atoms. The molecule has 0 saturated heterocycles. The molecular formula is C18H18N2O6S. The number of methoxy groups -OCH3 is 1. The van der Waals surface area contributed by atoms with Crippen LogP contribution < -0.4 is 10.5 Å². The van der Waals surface area contributed by atoms with Crippen molar-refractivity contribution in [1.29, 1.82) is 0 Å². The second-order valence-electron chi connectivity index (χ2n) is 5.79. The maximum absolute atomic E-state index is 12.5. The van der Waals surface area contributed by atoms with Gasteiger partial charge in [-0.15, -0.1) is 0 Å². The van der Waals surface area contributed by atoms with Gasteiger partial charge in [-0.25, -0.2) is 17.9 Å². The SMILES string of the molecule is COC(=O)Cn1c(=O)oc2cc(S(=O)(=O)NCCc3ccccc3)ccc21. The Morgan fingerprint density at radius 2 is 1.93 bits per heavy atom. The van der Waals surface area contributed by atoms with Crippen LogP contribution in [0.1, 0.15) is 5.56 Å². The van der Waals surface area contributed by atoms with E-state index in [4.69, 9.17) is 4.42 Å². The molecule has 0 aliphatic carbocycles. The Morgan fingerprint density at radius 3 is 2.63 bits per heavy atom. The van der Waals surface area contributed by atoms with E-state index in [-0.39, 0.29) is 23.6 Å². The van der Waals surface area contributed by atoms with Crippen molar-refractivity contribution >= 4 is 27.1 Å². The molecule has 0 atom stereocenters. The van der Waals surface area contributed by atoms with Gasteiger partial charge in [0.05, 0.1) is 17.5 Å². The molecule has 0 fully saturated rings. The molecule has 1 N–H and O–H groups in total. The van der Waals surface area contributed by atoms with Gasteiger partial charge in [-0.1, -0.05) is 30.3 Å². The molecule has 0 amide bonds. The van der Waals surface area contributed by atoms with Crippen molar-refractivity contribution in [3.63, 3.8) is 0 Å². The maximum Gasteiger partial charge on any atom is 0.420 e. The molecule has 3 aromatic rings. The summed E-state index contributed by atoms with van der Waals surface area (Å²) in [7, 11) is -2.56. The number of nitrogens with zero attached hydrogens (tertiary/aromatic N) is 1. The Bertz CT molecular complexity index is 1120. The van der Waals surface area contributed by atoms with Crippen molar-refractivity contribution < 1.29 is 22.4 Å². The second kappa shape index (κ2) is 7.77. The number of aromatic nitrogens is 1. The number of nitrogens with one attached hydrogen (secondary N) is 1. The normalized spacial score (nSPS) is 11.6. The number of benzene rings is 2. The average Bonchev–Trinajstić information content (AvgIpc) is 2.97. The van der Waals surface area contributed by atoms with Crippen molar-refractivity contribution in [2.24, 2.45) is 0 Å². The Morgan fingerprint density at radius 1 is 1.19 bits per heavy atom. The number of ether oxygens (including phenoxy) is 1. The highest BCUT2D eigenvalue weighted by atomic mass is 32.2. The lowest BCUT2D eigenvalue weighted by Gasteiger charge is -2.07. The number of oxazole rings is 1. The lowest BCUT2D eigenvalue weighted by Crippen LogP contribution is -2.26. The van der Waals surface area contributed by atoms with E-state index in [9.17, 15) is 18.0 Å². The summed E-state index contributed by atoms with van der Waals surface area (Å²) in [6.07, 6.45) is 0.549. The van der Waals surface area contributed by atoms with E-state index >= 15 is 0 Å². The van der Waals surface area contributed by atoms with Crippen LogP contribution in [-0.2, 0) is 32.5 Å². The summed E-state index contributed by atoms with van der Waals surface area (Å²) in [5.41, 5.74) is 1.41. The van der Waals surface area contributed by atoms with Crippen LogP contribution in [0.4, 0.5) is 0 Å². The monoisotopic (exact) mass is 390 g/mol. The van der Waals surface area contributed by atoms with Crippen LogP contribution in [0.5, 0.6) is 0 Å². The van der Waals surface area contributed by atoms with E-state index < -0.39 is 21.7 Å². The van der Waals surface area contributed by atoms with Crippen LogP contribution in [0.25, 0.3) is 11.1 Å². The number of esters is 1. The first kappa shape index (κ1) is 18.9. The molecule has 1 aromatic heterocycles. The summed E-state index contributed by atoms with van der Waals surface area (Å²) in [5, 5.41) is 0. The van der Waals surface area contributed by atoms with E-state index in [1.165, 1.54) is 25.3 Å². The molecule has 0 unspecified atom stereocenters. The number of carbonyl (C=O) groups is 1. The van der Waals surface area contributed by atoms with Crippen LogP contribution in [0, 0.1) is 0 Å². The topological polar surface area (TPSA) is 108 Å². The van der Waals surface area contributed by atoms with Crippen LogP contribution in [-0.4, -0.2) is 32.6 Å². The Kier molecular flexibility index (Phi) is 5.43. The van der Waals surface area contributed by atoms with Crippen molar-refractivity contribution in [2.75, 3.05) is 13.7 Å². The van der Waals surface area contributed by atoms with Crippen molar-refractivity contribution in [3.05, 3.63) is 64.6 Å². The van der Waals surface area contributed by atoms with Gasteiger partial charge in [0.2, 0.25) is 10.0 Å². The van der Waals surface area contributed by atoms with E-state index in [1.807, 2.05) is 30.3 Å². The Hall–Kier alpha value is -2.91. The number of carbonyl (C=O) groups excluding carboxylic acids is 1. The first-order valence-corrected chi connectivity index (χ1v) is 9.63. The minimum Gasteiger partial charge on any atom is -0.468 e. The predicted molar refractivity (Wildman–Crippen MR) is 97.8 cm³/mol. The minimum absolute atomic E-state index is 0.0259. The smallest absolute Gasteiger partial charge is 0.420 e. The molecule has 0 radical (unpaired) electrons. The fourth-order valence-corrected chi connectivity index (χ4v) is 3.66. The lowest BCUT2D eigenvalue weighted by molar-refractivity contribution is -0.141. The first-order chi connectivity index (χ1) is 12.9. The Labute approximate surface area is 155 Å². The van der Waals surface area contributed by atoms with Gasteiger partial charge in [-0.05, 0) is 24.1 Å². The zero-order valence-corrected chi connectivity index (χ0v) is 15.4. The molecule has 3 rings (SSSR count). The fraction of sp³-hybridized carbons (Fsp3) is 0.222. The standard InChI is InChI=1S/C18H18N2O6S/c1-25-17(21)12-20-15-8-7-14(11-16(15)26-18(20)22)27(23,24)19-10-9-13-5-3-2-4-6-13/h2-8,11,19H,9-10,12H2,1H3. The van der Waals surface area contributed by atoms with Gasteiger partial charge in [-0.2, -0.15) is 0 Å². The third-order valence-electron chi connectivity index (χ3n) is 4.01. The van der Waals surface area contributed by atoms with Crippen LogP contribution >= 0.6 is 0 Å². The molecule has 9 heteroatoms. The number of sulfonamides is 1. The van der Waals surface area contributed by atoms with Gasteiger partial charge in [0.1, 0.15) is 6.54 Å². The third kappa shape index (κ3) is 4.26. The number of fused-ring (bicyclic) bond motifs is 1.